The van der Waals surface area contributed by atoms with Gasteiger partial charge in [-0.2, -0.15) is 5.26 Å². The molecule has 0 aliphatic carbocycles. The minimum absolute atomic E-state index is 0.0463. The number of ether oxygens (including phenoxy) is 1. The van der Waals surface area contributed by atoms with Crippen molar-refractivity contribution >= 4 is 5.69 Å². The molecule has 20 heavy (non-hydrogen) atoms. The highest BCUT2D eigenvalue weighted by atomic mass is 19.1. The van der Waals surface area contributed by atoms with Crippen LogP contribution in [0.1, 0.15) is 11.1 Å². The van der Waals surface area contributed by atoms with Crippen LogP contribution in [0.25, 0.3) is 0 Å². The summed E-state index contributed by atoms with van der Waals surface area (Å²) in [5, 5.41) is 19.2. The molecule has 0 amide bonds. The fourth-order valence-electron chi connectivity index (χ4n) is 1.58. The van der Waals surface area contributed by atoms with Gasteiger partial charge in [0.15, 0.2) is 0 Å². The number of rotatable bonds is 4. The van der Waals surface area contributed by atoms with E-state index in [0.29, 0.717) is 11.3 Å². The largest absolute Gasteiger partial charge is 0.489 e. The molecule has 0 aliphatic rings. The van der Waals surface area contributed by atoms with Crippen LogP contribution >= 0.6 is 0 Å². The van der Waals surface area contributed by atoms with E-state index in [9.17, 15) is 14.5 Å². The first-order valence-electron chi connectivity index (χ1n) is 5.66. The van der Waals surface area contributed by atoms with E-state index < -0.39 is 10.7 Å². The summed E-state index contributed by atoms with van der Waals surface area (Å²) in [6, 6.07) is 11.4. The van der Waals surface area contributed by atoms with Gasteiger partial charge in [0.05, 0.1) is 16.6 Å². The van der Waals surface area contributed by atoms with Gasteiger partial charge >= 0.3 is 0 Å². The molecular formula is C14H9FN2O3. The van der Waals surface area contributed by atoms with Gasteiger partial charge in [-0.05, 0) is 30.3 Å². The van der Waals surface area contributed by atoms with E-state index in [1.807, 2.05) is 6.07 Å². The maximum Gasteiger partial charge on any atom is 0.269 e. The molecule has 0 unspecified atom stereocenters. The molecule has 5 nitrogen and oxygen atoms in total. The third-order valence-corrected chi connectivity index (χ3v) is 2.62. The van der Waals surface area contributed by atoms with Crippen LogP contribution in [0, 0.1) is 27.3 Å². The van der Waals surface area contributed by atoms with Crippen LogP contribution in [0.3, 0.4) is 0 Å². The van der Waals surface area contributed by atoms with Gasteiger partial charge in [0.2, 0.25) is 0 Å². The standard InChI is InChI=1S/C14H9FN2O3/c15-14-6-1-10(8-16)7-11(14)9-20-13-4-2-12(3-5-13)17(18)19/h1-7H,9H2. The molecule has 0 spiro atoms. The van der Waals surface area contributed by atoms with Gasteiger partial charge in [0.1, 0.15) is 18.2 Å². The van der Waals surface area contributed by atoms with Crippen molar-refractivity contribution in [2.45, 2.75) is 6.61 Å². The summed E-state index contributed by atoms with van der Waals surface area (Å²) >= 11 is 0. The van der Waals surface area contributed by atoms with E-state index in [1.54, 1.807) is 0 Å². The third kappa shape index (κ3) is 3.09. The smallest absolute Gasteiger partial charge is 0.269 e. The second kappa shape index (κ2) is 5.80. The van der Waals surface area contributed by atoms with Crippen molar-refractivity contribution in [3.8, 4) is 11.8 Å². The van der Waals surface area contributed by atoms with Crippen molar-refractivity contribution in [2.24, 2.45) is 0 Å². The Morgan fingerprint density at radius 3 is 2.55 bits per heavy atom. The van der Waals surface area contributed by atoms with Gasteiger partial charge < -0.3 is 4.74 Å². The molecule has 0 fully saturated rings. The zero-order valence-electron chi connectivity index (χ0n) is 10.2. The Kier molecular flexibility index (Phi) is 3.91. The number of nitrogens with zero attached hydrogens (tertiary/aromatic N) is 2. The summed E-state index contributed by atoms with van der Waals surface area (Å²) in [4.78, 5) is 9.98. The summed E-state index contributed by atoms with van der Waals surface area (Å²) in [5.74, 6) is -0.0803. The molecule has 100 valence electrons. The second-order valence-electron chi connectivity index (χ2n) is 3.96. The molecule has 0 atom stereocenters. The monoisotopic (exact) mass is 272 g/mol. The topological polar surface area (TPSA) is 76.2 Å². The lowest BCUT2D eigenvalue weighted by molar-refractivity contribution is -0.384. The van der Waals surface area contributed by atoms with Crippen LogP contribution in [0.4, 0.5) is 10.1 Å². The molecule has 0 aromatic heterocycles. The molecule has 0 heterocycles. The third-order valence-electron chi connectivity index (χ3n) is 2.62. The van der Waals surface area contributed by atoms with Crippen LogP contribution in [0.15, 0.2) is 42.5 Å². The number of nitro groups is 1. The van der Waals surface area contributed by atoms with Crippen molar-refractivity contribution in [3.63, 3.8) is 0 Å². The SMILES string of the molecule is N#Cc1ccc(F)c(COc2ccc([N+](=O)[O-])cc2)c1. The normalized spacial score (nSPS) is 9.80. The van der Waals surface area contributed by atoms with E-state index in [2.05, 4.69) is 0 Å². The van der Waals surface area contributed by atoms with E-state index in [-0.39, 0.29) is 17.9 Å². The van der Waals surface area contributed by atoms with E-state index in [1.165, 1.54) is 42.5 Å². The minimum atomic E-state index is -0.514. The van der Waals surface area contributed by atoms with E-state index >= 15 is 0 Å². The summed E-state index contributed by atoms with van der Waals surface area (Å²) < 4.78 is 18.8. The Balaban J connectivity index is 2.09. The van der Waals surface area contributed by atoms with Crippen LogP contribution in [-0.2, 0) is 6.61 Å². The average Bonchev–Trinajstić information content (AvgIpc) is 2.47. The maximum absolute atomic E-state index is 13.5. The van der Waals surface area contributed by atoms with Crippen LogP contribution < -0.4 is 4.74 Å². The van der Waals surface area contributed by atoms with Crippen LogP contribution in [0.2, 0.25) is 0 Å². The summed E-state index contributed by atoms with van der Waals surface area (Å²) in [6.07, 6.45) is 0. The number of hydrogen-bond acceptors (Lipinski definition) is 4. The van der Waals surface area contributed by atoms with Crippen molar-refractivity contribution in [3.05, 3.63) is 69.5 Å². The minimum Gasteiger partial charge on any atom is -0.489 e. The Morgan fingerprint density at radius 1 is 1.25 bits per heavy atom. The molecule has 2 aromatic rings. The molecule has 0 saturated carbocycles. The first-order chi connectivity index (χ1) is 9.60. The average molecular weight is 272 g/mol. The Labute approximate surface area is 114 Å². The first-order valence-corrected chi connectivity index (χ1v) is 5.66. The van der Waals surface area contributed by atoms with Crippen LogP contribution in [-0.4, -0.2) is 4.92 Å². The number of benzene rings is 2. The lowest BCUT2D eigenvalue weighted by Crippen LogP contribution is -1.99. The molecule has 2 rings (SSSR count). The molecule has 2 aromatic carbocycles. The molecule has 0 N–H and O–H groups in total. The zero-order valence-corrected chi connectivity index (χ0v) is 10.2. The Bertz CT molecular complexity index is 678. The van der Waals surface area contributed by atoms with Gasteiger partial charge in [-0.1, -0.05) is 0 Å². The van der Waals surface area contributed by atoms with E-state index in [0.717, 1.165) is 0 Å². The summed E-state index contributed by atoms with van der Waals surface area (Å²) in [6.45, 7) is -0.0564. The van der Waals surface area contributed by atoms with Crippen molar-refractivity contribution < 1.29 is 14.1 Å². The fourth-order valence-corrected chi connectivity index (χ4v) is 1.58. The lowest BCUT2D eigenvalue weighted by atomic mass is 10.1. The van der Waals surface area contributed by atoms with Gasteiger partial charge in [-0.15, -0.1) is 0 Å². The van der Waals surface area contributed by atoms with Crippen molar-refractivity contribution in [1.82, 2.24) is 0 Å². The van der Waals surface area contributed by atoms with Gasteiger partial charge in [0, 0.05) is 17.7 Å². The lowest BCUT2D eigenvalue weighted by Gasteiger charge is -2.07. The molecule has 0 saturated heterocycles. The molecule has 6 heteroatoms. The van der Waals surface area contributed by atoms with E-state index in [4.69, 9.17) is 10.00 Å². The maximum atomic E-state index is 13.5. The number of nitro benzene ring substituents is 1. The zero-order chi connectivity index (χ0) is 14.5. The Hall–Kier alpha value is -2.94. The molecular weight excluding hydrogens is 263 g/mol. The number of non-ortho nitro benzene ring substituents is 1. The Morgan fingerprint density at radius 2 is 1.95 bits per heavy atom. The number of hydrogen-bond donors (Lipinski definition) is 0. The van der Waals surface area contributed by atoms with Crippen molar-refractivity contribution in [2.75, 3.05) is 0 Å². The molecule has 0 radical (unpaired) electrons. The van der Waals surface area contributed by atoms with Crippen LogP contribution in [0.5, 0.6) is 5.75 Å². The highest BCUT2D eigenvalue weighted by Gasteiger charge is 2.07. The second-order valence-corrected chi connectivity index (χ2v) is 3.96. The number of nitriles is 1. The van der Waals surface area contributed by atoms with Gasteiger partial charge in [-0.25, -0.2) is 4.39 Å². The summed E-state index contributed by atoms with van der Waals surface area (Å²) in [5.41, 5.74) is 0.547. The van der Waals surface area contributed by atoms with Gasteiger partial charge in [-0.3, -0.25) is 10.1 Å². The molecule has 0 bridgehead atoms. The fraction of sp³-hybridized carbons (Fsp3) is 0.0714. The first kappa shape index (κ1) is 13.5. The summed E-state index contributed by atoms with van der Waals surface area (Å²) in [7, 11) is 0. The quantitative estimate of drug-likeness (QED) is 0.632. The van der Waals surface area contributed by atoms with Crippen molar-refractivity contribution in [1.29, 1.82) is 5.26 Å². The number of halogens is 1. The predicted octanol–water partition coefficient (Wildman–Crippen LogP) is 3.18. The highest BCUT2D eigenvalue weighted by Crippen LogP contribution is 2.19. The molecule has 0 aliphatic heterocycles. The predicted molar refractivity (Wildman–Crippen MR) is 68.5 cm³/mol. The highest BCUT2D eigenvalue weighted by molar-refractivity contribution is 5.37. The van der Waals surface area contributed by atoms with Gasteiger partial charge in [0.25, 0.3) is 5.69 Å².